The monoisotopic (exact) mass is 253 g/mol. The first kappa shape index (κ1) is 13.8. The quantitative estimate of drug-likeness (QED) is 0.834. The number of hydrogen-bond donors (Lipinski definition) is 1. The second kappa shape index (κ2) is 4.96. The van der Waals surface area contributed by atoms with Gasteiger partial charge in [-0.25, -0.2) is 0 Å². The zero-order valence-electron chi connectivity index (χ0n) is 11.0. The molecule has 2 N–H and O–H groups in total. The molecule has 0 atom stereocenters. The summed E-state index contributed by atoms with van der Waals surface area (Å²) in [6, 6.07) is 0. The van der Waals surface area contributed by atoms with Gasteiger partial charge in [0.2, 0.25) is 5.88 Å². The van der Waals surface area contributed by atoms with Crippen LogP contribution < -0.4 is 10.5 Å². The molecule has 0 fully saturated rings. The van der Waals surface area contributed by atoms with E-state index in [2.05, 4.69) is 17.1 Å². The number of aryl methyl sites for hydroxylation is 1. The lowest BCUT2D eigenvalue weighted by atomic mass is 10.1. The SMILES string of the molecule is CCC(C)(C)Oc1nnc(C)c(C)c1C(N)=S. The Morgan fingerprint density at radius 3 is 2.41 bits per heavy atom. The minimum absolute atomic E-state index is 0.294. The lowest BCUT2D eigenvalue weighted by Crippen LogP contribution is -2.29. The molecule has 0 bridgehead atoms. The fraction of sp³-hybridized carbons (Fsp3) is 0.583. The molecule has 0 unspecified atom stereocenters. The molecule has 1 aromatic heterocycles. The fourth-order valence-corrected chi connectivity index (χ4v) is 1.52. The molecule has 0 spiro atoms. The van der Waals surface area contributed by atoms with Crippen molar-refractivity contribution in [2.75, 3.05) is 0 Å². The number of hydrogen-bond acceptors (Lipinski definition) is 4. The number of thiocarbonyl (C=S) groups is 1. The van der Waals surface area contributed by atoms with Crippen molar-refractivity contribution in [2.24, 2.45) is 5.73 Å². The first-order valence-corrected chi connectivity index (χ1v) is 6.02. The topological polar surface area (TPSA) is 61.0 Å². The van der Waals surface area contributed by atoms with E-state index >= 15 is 0 Å². The van der Waals surface area contributed by atoms with Crippen LogP contribution >= 0.6 is 12.2 Å². The van der Waals surface area contributed by atoms with Crippen molar-refractivity contribution in [1.29, 1.82) is 0 Å². The molecule has 0 aliphatic rings. The summed E-state index contributed by atoms with van der Waals surface area (Å²) in [5.41, 5.74) is 7.85. The Morgan fingerprint density at radius 2 is 1.94 bits per heavy atom. The zero-order chi connectivity index (χ0) is 13.2. The molecule has 0 radical (unpaired) electrons. The maximum absolute atomic E-state index is 5.84. The number of nitrogens with zero attached hydrogens (tertiary/aromatic N) is 2. The van der Waals surface area contributed by atoms with E-state index in [1.807, 2.05) is 27.7 Å². The van der Waals surface area contributed by atoms with Crippen molar-refractivity contribution in [1.82, 2.24) is 10.2 Å². The van der Waals surface area contributed by atoms with Crippen LogP contribution in [0.1, 0.15) is 44.0 Å². The lowest BCUT2D eigenvalue weighted by molar-refractivity contribution is 0.0972. The van der Waals surface area contributed by atoms with Crippen LogP contribution in [0.5, 0.6) is 5.88 Å². The van der Waals surface area contributed by atoms with E-state index < -0.39 is 0 Å². The average Bonchev–Trinajstić information content (AvgIpc) is 2.23. The van der Waals surface area contributed by atoms with Crippen molar-refractivity contribution in [2.45, 2.75) is 46.6 Å². The van der Waals surface area contributed by atoms with Gasteiger partial charge in [0.05, 0.1) is 11.3 Å². The third kappa shape index (κ3) is 3.12. The van der Waals surface area contributed by atoms with Crippen LogP contribution in [0.3, 0.4) is 0 Å². The van der Waals surface area contributed by atoms with Gasteiger partial charge in [-0.15, -0.1) is 5.10 Å². The third-order valence-corrected chi connectivity index (χ3v) is 3.10. The lowest BCUT2D eigenvalue weighted by Gasteiger charge is -2.25. The molecule has 0 amide bonds. The molecule has 0 saturated heterocycles. The van der Waals surface area contributed by atoms with Gasteiger partial charge in [0.1, 0.15) is 10.6 Å². The Balaban J connectivity index is 3.25. The predicted octanol–water partition coefficient (Wildman–Crippen LogP) is 2.30. The maximum Gasteiger partial charge on any atom is 0.244 e. The third-order valence-electron chi connectivity index (χ3n) is 2.89. The van der Waals surface area contributed by atoms with Gasteiger partial charge in [-0.05, 0) is 39.7 Å². The summed E-state index contributed by atoms with van der Waals surface area (Å²) >= 11 is 5.05. The summed E-state index contributed by atoms with van der Waals surface area (Å²) in [6.07, 6.45) is 0.860. The van der Waals surface area contributed by atoms with Crippen molar-refractivity contribution >= 4 is 17.2 Å². The van der Waals surface area contributed by atoms with Crippen LogP contribution in [0.4, 0.5) is 0 Å². The van der Waals surface area contributed by atoms with Crippen molar-refractivity contribution < 1.29 is 4.74 Å². The standard InChI is InChI=1S/C12H19N3OS/c1-6-12(4,5)16-11-9(10(13)17)7(2)8(3)14-15-11/h6H2,1-5H3,(H2,13,17). The Bertz CT molecular complexity index is 444. The highest BCUT2D eigenvalue weighted by Crippen LogP contribution is 2.25. The normalized spacial score (nSPS) is 11.4. The molecule has 1 rings (SSSR count). The zero-order valence-corrected chi connectivity index (χ0v) is 11.8. The fourth-order valence-electron chi connectivity index (χ4n) is 1.28. The van der Waals surface area contributed by atoms with Crippen LogP contribution in [-0.2, 0) is 0 Å². The molecule has 0 saturated carbocycles. The molecule has 0 aliphatic heterocycles. The molecular formula is C12H19N3OS. The highest BCUT2D eigenvalue weighted by atomic mass is 32.1. The molecule has 4 nitrogen and oxygen atoms in total. The first-order chi connectivity index (χ1) is 7.78. The Kier molecular flexibility index (Phi) is 4.03. The molecule has 1 aromatic rings. The summed E-state index contributed by atoms with van der Waals surface area (Å²) in [5, 5.41) is 8.10. The average molecular weight is 253 g/mol. The first-order valence-electron chi connectivity index (χ1n) is 5.61. The summed E-state index contributed by atoms with van der Waals surface area (Å²) in [6.45, 7) is 9.83. The molecule has 0 aliphatic carbocycles. The summed E-state index contributed by atoms with van der Waals surface area (Å²) in [4.78, 5) is 0.294. The predicted molar refractivity (Wildman–Crippen MR) is 72.4 cm³/mol. The molecule has 17 heavy (non-hydrogen) atoms. The maximum atomic E-state index is 5.84. The van der Waals surface area contributed by atoms with E-state index in [0.717, 1.165) is 17.7 Å². The second-order valence-electron chi connectivity index (χ2n) is 4.67. The molecule has 94 valence electrons. The summed E-state index contributed by atoms with van der Waals surface area (Å²) in [7, 11) is 0. The van der Waals surface area contributed by atoms with Crippen LogP contribution in [0.15, 0.2) is 0 Å². The van der Waals surface area contributed by atoms with Gasteiger partial charge in [0.25, 0.3) is 0 Å². The van der Waals surface area contributed by atoms with Gasteiger partial charge in [-0.2, -0.15) is 5.10 Å². The van der Waals surface area contributed by atoms with Crippen LogP contribution in [-0.4, -0.2) is 20.8 Å². The molecule has 1 heterocycles. The van der Waals surface area contributed by atoms with E-state index in [1.165, 1.54) is 0 Å². The van der Waals surface area contributed by atoms with Gasteiger partial charge < -0.3 is 10.5 Å². The van der Waals surface area contributed by atoms with Crippen LogP contribution in [0.2, 0.25) is 0 Å². The van der Waals surface area contributed by atoms with E-state index in [1.54, 1.807) is 0 Å². The number of rotatable bonds is 4. The Labute approximate surface area is 108 Å². The van der Waals surface area contributed by atoms with E-state index in [-0.39, 0.29) is 5.60 Å². The largest absolute Gasteiger partial charge is 0.470 e. The number of ether oxygens (including phenoxy) is 1. The Hall–Kier alpha value is -1.23. The highest BCUT2D eigenvalue weighted by molar-refractivity contribution is 7.80. The van der Waals surface area contributed by atoms with E-state index in [9.17, 15) is 0 Å². The summed E-state index contributed by atoms with van der Waals surface area (Å²) < 4.78 is 5.84. The Morgan fingerprint density at radius 1 is 1.35 bits per heavy atom. The highest BCUT2D eigenvalue weighted by Gasteiger charge is 2.22. The van der Waals surface area contributed by atoms with Gasteiger partial charge in [-0.1, -0.05) is 19.1 Å². The minimum Gasteiger partial charge on any atom is -0.470 e. The van der Waals surface area contributed by atoms with E-state index in [0.29, 0.717) is 16.4 Å². The van der Waals surface area contributed by atoms with Gasteiger partial charge in [-0.3, -0.25) is 0 Å². The molecule has 0 aromatic carbocycles. The smallest absolute Gasteiger partial charge is 0.244 e. The van der Waals surface area contributed by atoms with E-state index in [4.69, 9.17) is 22.7 Å². The molecule has 5 heteroatoms. The second-order valence-corrected chi connectivity index (χ2v) is 5.11. The van der Waals surface area contributed by atoms with Crippen molar-refractivity contribution in [3.63, 3.8) is 0 Å². The molecular weight excluding hydrogens is 234 g/mol. The summed E-state index contributed by atoms with van der Waals surface area (Å²) in [5.74, 6) is 0.424. The van der Waals surface area contributed by atoms with Crippen LogP contribution in [0.25, 0.3) is 0 Å². The van der Waals surface area contributed by atoms with Crippen LogP contribution in [0, 0.1) is 13.8 Å². The van der Waals surface area contributed by atoms with Gasteiger partial charge >= 0.3 is 0 Å². The van der Waals surface area contributed by atoms with Gasteiger partial charge in [0, 0.05) is 0 Å². The number of nitrogens with two attached hydrogens (primary N) is 1. The van der Waals surface area contributed by atoms with Crippen molar-refractivity contribution in [3.05, 3.63) is 16.8 Å². The minimum atomic E-state index is -0.310. The van der Waals surface area contributed by atoms with Crippen molar-refractivity contribution in [3.8, 4) is 5.88 Å². The number of aromatic nitrogens is 2. The van der Waals surface area contributed by atoms with Gasteiger partial charge in [0.15, 0.2) is 0 Å².